The fourth-order valence-electron chi connectivity index (χ4n) is 5.13. The van der Waals surface area contributed by atoms with Crippen LogP contribution < -0.4 is 20.9 Å². The quantitative estimate of drug-likeness (QED) is 0.412. The van der Waals surface area contributed by atoms with Crippen LogP contribution in [-0.4, -0.2) is 45.2 Å². The van der Waals surface area contributed by atoms with Gasteiger partial charge in [-0.25, -0.2) is 9.97 Å². The van der Waals surface area contributed by atoms with E-state index in [1.165, 1.54) is 11.9 Å². The van der Waals surface area contributed by atoms with Crippen molar-refractivity contribution in [2.75, 3.05) is 28.6 Å². The Morgan fingerprint density at radius 2 is 1.86 bits per heavy atom. The Hall–Kier alpha value is -3.74. The lowest BCUT2D eigenvalue weighted by molar-refractivity contribution is 0.0307. The predicted octanol–water partition coefficient (Wildman–Crippen LogP) is 3.96. The molecule has 9 nitrogen and oxygen atoms in total. The first kappa shape index (κ1) is 24.0. The topological polar surface area (TPSA) is 122 Å². The van der Waals surface area contributed by atoms with Crippen molar-refractivity contribution in [1.29, 1.82) is 5.26 Å². The number of benzene rings is 1. The highest BCUT2D eigenvalue weighted by Crippen LogP contribution is 2.38. The molecule has 186 valence electrons. The third-order valence-electron chi connectivity index (χ3n) is 7.01. The molecular formula is C27H32N8O. The average molecular weight is 485 g/mol. The molecule has 1 fully saturated rings. The number of nitrogens with one attached hydrogen (secondary N) is 3. The van der Waals surface area contributed by atoms with Gasteiger partial charge in [-0.15, -0.1) is 0 Å². The fraction of sp³-hybridized carbons (Fsp3) is 0.407. The number of nitrogens with zero attached hydrogens (tertiary/aromatic N) is 5. The van der Waals surface area contributed by atoms with Gasteiger partial charge in [0.1, 0.15) is 23.1 Å². The van der Waals surface area contributed by atoms with Crippen molar-refractivity contribution in [3.63, 3.8) is 0 Å². The van der Waals surface area contributed by atoms with E-state index in [1.807, 2.05) is 31.2 Å². The van der Waals surface area contributed by atoms with Gasteiger partial charge in [-0.05, 0) is 69.0 Å². The second-order valence-electron chi connectivity index (χ2n) is 9.83. The van der Waals surface area contributed by atoms with Crippen molar-refractivity contribution in [2.24, 2.45) is 0 Å². The van der Waals surface area contributed by atoms with Crippen LogP contribution in [0.5, 0.6) is 0 Å². The number of piperazine rings is 1. The number of fused-ring (bicyclic) bond motifs is 1. The van der Waals surface area contributed by atoms with E-state index in [1.54, 1.807) is 0 Å². The Morgan fingerprint density at radius 3 is 2.56 bits per heavy atom. The Bertz CT molecular complexity index is 1280. The molecule has 1 aliphatic heterocycles. The van der Waals surface area contributed by atoms with Crippen molar-refractivity contribution >= 4 is 29.0 Å². The Kier molecular flexibility index (Phi) is 6.48. The highest BCUT2D eigenvalue weighted by Gasteiger charge is 2.36. The maximum atomic E-state index is 10.9. The molecule has 2 aromatic heterocycles. The first-order chi connectivity index (χ1) is 17.4. The normalized spacial score (nSPS) is 23.1. The number of rotatable bonds is 6. The molecule has 0 saturated carbocycles. The van der Waals surface area contributed by atoms with Crippen molar-refractivity contribution in [3.8, 4) is 6.07 Å². The zero-order valence-electron chi connectivity index (χ0n) is 20.9. The summed E-state index contributed by atoms with van der Waals surface area (Å²) >= 11 is 0. The number of pyridine rings is 1. The van der Waals surface area contributed by atoms with E-state index in [2.05, 4.69) is 67.9 Å². The molecule has 4 N–H and O–H groups in total. The lowest BCUT2D eigenvalue weighted by atomic mass is 9.98. The molecule has 2 aliphatic rings. The minimum Gasteiger partial charge on any atom is -0.384 e. The van der Waals surface area contributed by atoms with Crippen LogP contribution in [0, 0.1) is 11.3 Å². The first-order valence-corrected chi connectivity index (χ1v) is 12.5. The van der Waals surface area contributed by atoms with Gasteiger partial charge in [0.2, 0.25) is 5.95 Å². The number of nitriles is 1. The average Bonchev–Trinajstić information content (AvgIpc) is 3.21. The summed E-state index contributed by atoms with van der Waals surface area (Å²) in [5.41, 5.74) is 3.20. The molecule has 0 amide bonds. The summed E-state index contributed by atoms with van der Waals surface area (Å²) in [4.78, 5) is 15.9. The van der Waals surface area contributed by atoms with E-state index in [0.717, 1.165) is 30.8 Å². The molecule has 5 rings (SSSR count). The zero-order valence-corrected chi connectivity index (χ0v) is 20.9. The first-order valence-electron chi connectivity index (χ1n) is 12.5. The predicted molar refractivity (Wildman–Crippen MR) is 141 cm³/mol. The number of aliphatic hydroxyl groups is 1. The van der Waals surface area contributed by atoms with Crippen molar-refractivity contribution in [2.45, 2.75) is 57.7 Å². The van der Waals surface area contributed by atoms with E-state index in [0.29, 0.717) is 53.8 Å². The largest absolute Gasteiger partial charge is 0.384 e. The van der Waals surface area contributed by atoms with Gasteiger partial charge in [0.05, 0.1) is 11.9 Å². The number of anilines is 5. The molecule has 3 aromatic rings. The summed E-state index contributed by atoms with van der Waals surface area (Å²) < 4.78 is 0. The summed E-state index contributed by atoms with van der Waals surface area (Å²) in [6.07, 6.45) is 3.58. The second kappa shape index (κ2) is 9.72. The van der Waals surface area contributed by atoms with Gasteiger partial charge in [0.25, 0.3) is 0 Å². The van der Waals surface area contributed by atoms with Gasteiger partial charge in [-0.2, -0.15) is 10.2 Å². The van der Waals surface area contributed by atoms with Crippen LogP contribution in [0.4, 0.5) is 29.0 Å². The smallest absolute Gasteiger partial charge is 0.229 e. The van der Waals surface area contributed by atoms with Crippen LogP contribution >= 0.6 is 0 Å². The van der Waals surface area contributed by atoms with E-state index in [4.69, 9.17) is 0 Å². The summed E-state index contributed by atoms with van der Waals surface area (Å²) in [6, 6.07) is 15.1. The molecule has 1 saturated heterocycles. The summed E-state index contributed by atoms with van der Waals surface area (Å²) in [6.45, 7) is 8.31. The van der Waals surface area contributed by atoms with Crippen molar-refractivity contribution < 1.29 is 5.11 Å². The highest BCUT2D eigenvalue weighted by molar-refractivity contribution is 5.64. The Morgan fingerprint density at radius 1 is 1.11 bits per heavy atom. The standard InChI is InChI=1S/C27H32N8O/c1-4-27(36)12-11-19-5-10-23(32-24(19)27)33-25-20(13-28)14-29-26(34-25)31-21-6-8-22(9-7-21)35-15-17(2)30-18(3)16-35/h5-10,14,17-18,30,36H,4,11-12,15-16H2,1-3H3,(H2,29,31,32,33,34). The molecule has 0 radical (unpaired) electrons. The number of aromatic nitrogens is 3. The lowest BCUT2D eigenvalue weighted by Crippen LogP contribution is -2.54. The fourth-order valence-corrected chi connectivity index (χ4v) is 5.13. The van der Waals surface area contributed by atoms with Crippen LogP contribution in [-0.2, 0) is 12.0 Å². The Labute approximate surface area is 211 Å². The number of hydrogen-bond acceptors (Lipinski definition) is 9. The van der Waals surface area contributed by atoms with E-state index in [9.17, 15) is 10.4 Å². The molecule has 0 spiro atoms. The van der Waals surface area contributed by atoms with E-state index < -0.39 is 5.60 Å². The second-order valence-corrected chi connectivity index (χ2v) is 9.83. The van der Waals surface area contributed by atoms with E-state index in [-0.39, 0.29) is 0 Å². The van der Waals surface area contributed by atoms with E-state index >= 15 is 0 Å². The SMILES string of the molecule is CCC1(O)CCc2ccc(Nc3nc(Nc4ccc(N5CC(C)NC(C)C5)cc4)ncc3C#N)nc21. The van der Waals surface area contributed by atoms with Crippen LogP contribution in [0.15, 0.2) is 42.6 Å². The molecule has 3 atom stereocenters. The summed E-state index contributed by atoms with van der Waals surface area (Å²) in [5.74, 6) is 1.27. The summed E-state index contributed by atoms with van der Waals surface area (Å²) in [5, 5.41) is 30.4. The van der Waals surface area contributed by atoms with Crippen LogP contribution in [0.2, 0.25) is 0 Å². The monoisotopic (exact) mass is 484 g/mol. The van der Waals surface area contributed by atoms with Gasteiger partial charge >= 0.3 is 0 Å². The van der Waals surface area contributed by atoms with Crippen LogP contribution in [0.3, 0.4) is 0 Å². The van der Waals surface area contributed by atoms with Crippen LogP contribution in [0.25, 0.3) is 0 Å². The molecule has 1 aliphatic carbocycles. The zero-order chi connectivity index (χ0) is 25.3. The minimum atomic E-state index is -0.906. The maximum Gasteiger partial charge on any atom is 0.229 e. The lowest BCUT2D eigenvalue weighted by Gasteiger charge is -2.37. The summed E-state index contributed by atoms with van der Waals surface area (Å²) in [7, 11) is 0. The Balaban J connectivity index is 1.33. The minimum absolute atomic E-state index is 0.311. The molecule has 1 aromatic carbocycles. The van der Waals surface area contributed by atoms with Crippen molar-refractivity contribution in [3.05, 3.63) is 59.4 Å². The van der Waals surface area contributed by atoms with Crippen molar-refractivity contribution in [1.82, 2.24) is 20.3 Å². The molecule has 0 bridgehead atoms. The molecule has 36 heavy (non-hydrogen) atoms. The van der Waals surface area contributed by atoms with Crippen LogP contribution in [0.1, 0.15) is 50.4 Å². The van der Waals surface area contributed by atoms with Gasteiger partial charge in [0.15, 0.2) is 5.82 Å². The third kappa shape index (κ3) is 4.83. The molecular weight excluding hydrogens is 452 g/mol. The molecule has 3 heterocycles. The van der Waals surface area contributed by atoms with Gasteiger partial charge in [0, 0.05) is 36.5 Å². The van der Waals surface area contributed by atoms with Gasteiger partial charge in [-0.1, -0.05) is 13.0 Å². The third-order valence-corrected chi connectivity index (χ3v) is 7.01. The molecule has 3 unspecified atom stereocenters. The van der Waals surface area contributed by atoms with Gasteiger partial charge in [-0.3, -0.25) is 0 Å². The molecule has 9 heteroatoms. The highest BCUT2D eigenvalue weighted by atomic mass is 16.3. The number of aryl methyl sites for hydroxylation is 1. The van der Waals surface area contributed by atoms with Gasteiger partial charge < -0.3 is 26.0 Å². The maximum absolute atomic E-state index is 10.9. The number of hydrogen-bond donors (Lipinski definition) is 4.